The molecular weight excluding hydrogens is 220 g/mol. The van der Waals surface area contributed by atoms with Gasteiger partial charge in [-0.15, -0.1) is 10.2 Å². The molecule has 0 amide bonds. The summed E-state index contributed by atoms with van der Waals surface area (Å²) in [5.41, 5.74) is 0. The van der Waals surface area contributed by atoms with Gasteiger partial charge in [0.1, 0.15) is 5.01 Å². The number of rotatable bonds is 6. The first-order chi connectivity index (χ1) is 7.19. The van der Waals surface area contributed by atoms with Gasteiger partial charge in [0.15, 0.2) is 5.01 Å². The largest absolute Gasteiger partial charge is 0.308 e. The fourth-order valence-electron chi connectivity index (χ4n) is 1.20. The molecule has 0 fully saturated rings. The van der Waals surface area contributed by atoms with Gasteiger partial charge in [-0.25, -0.2) is 8.78 Å². The second kappa shape index (κ2) is 6.07. The van der Waals surface area contributed by atoms with Gasteiger partial charge in [0.25, 0.3) is 6.43 Å². The van der Waals surface area contributed by atoms with Crippen LogP contribution in [0.5, 0.6) is 0 Å². The van der Waals surface area contributed by atoms with Crippen LogP contribution in [-0.4, -0.2) is 16.7 Å². The van der Waals surface area contributed by atoms with Gasteiger partial charge in [0.05, 0.1) is 6.04 Å². The normalized spacial score (nSPS) is 13.4. The minimum atomic E-state index is -2.51. The van der Waals surface area contributed by atoms with E-state index in [0.717, 1.165) is 30.7 Å². The molecule has 0 saturated carbocycles. The van der Waals surface area contributed by atoms with Gasteiger partial charge in [-0.05, 0) is 19.4 Å². The lowest BCUT2D eigenvalue weighted by molar-refractivity contribution is 0.150. The average molecular weight is 235 g/mol. The molecular formula is C9H15F2N3S. The maximum atomic E-state index is 12.3. The predicted octanol–water partition coefficient (Wildman–Crippen LogP) is 2.93. The standard InChI is InChI=1S/C9H15F2N3S/c1-3-5-12-6(4-2)8-13-14-9(15-8)7(10)11/h6-7,12H,3-5H2,1-2H3. The lowest BCUT2D eigenvalue weighted by Crippen LogP contribution is -2.21. The zero-order chi connectivity index (χ0) is 11.3. The van der Waals surface area contributed by atoms with E-state index >= 15 is 0 Å². The van der Waals surface area contributed by atoms with Crippen molar-refractivity contribution in [2.45, 2.75) is 39.2 Å². The Bertz CT molecular complexity index is 291. The van der Waals surface area contributed by atoms with Gasteiger partial charge >= 0.3 is 0 Å². The Kier molecular flexibility index (Phi) is 5.04. The van der Waals surface area contributed by atoms with Crippen molar-refractivity contribution in [3.05, 3.63) is 10.0 Å². The molecule has 1 rings (SSSR count). The minimum absolute atomic E-state index is 0.0509. The van der Waals surface area contributed by atoms with Crippen molar-refractivity contribution in [3.8, 4) is 0 Å². The van der Waals surface area contributed by atoms with Gasteiger partial charge in [-0.3, -0.25) is 0 Å². The molecule has 3 nitrogen and oxygen atoms in total. The summed E-state index contributed by atoms with van der Waals surface area (Å²) in [5, 5.41) is 11.0. The molecule has 0 radical (unpaired) electrons. The van der Waals surface area contributed by atoms with E-state index in [-0.39, 0.29) is 11.0 Å². The Morgan fingerprint density at radius 3 is 2.40 bits per heavy atom. The van der Waals surface area contributed by atoms with Crippen molar-refractivity contribution in [3.63, 3.8) is 0 Å². The van der Waals surface area contributed by atoms with E-state index in [2.05, 4.69) is 22.4 Å². The highest BCUT2D eigenvalue weighted by Gasteiger charge is 2.18. The number of aromatic nitrogens is 2. The van der Waals surface area contributed by atoms with Gasteiger partial charge in [0, 0.05) is 0 Å². The van der Waals surface area contributed by atoms with Crippen LogP contribution in [0.25, 0.3) is 0 Å². The van der Waals surface area contributed by atoms with E-state index in [1.165, 1.54) is 0 Å². The fraction of sp³-hybridized carbons (Fsp3) is 0.778. The molecule has 0 aliphatic carbocycles. The zero-order valence-corrected chi connectivity index (χ0v) is 9.65. The van der Waals surface area contributed by atoms with Crippen LogP contribution in [0.1, 0.15) is 49.2 Å². The predicted molar refractivity (Wildman–Crippen MR) is 56.2 cm³/mol. The highest BCUT2D eigenvalue weighted by atomic mass is 32.1. The molecule has 1 atom stereocenters. The van der Waals surface area contributed by atoms with Crippen molar-refractivity contribution < 1.29 is 8.78 Å². The lowest BCUT2D eigenvalue weighted by Gasteiger charge is -2.12. The Morgan fingerprint density at radius 1 is 1.27 bits per heavy atom. The van der Waals surface area contributed by atoms with E-state index in [9.17, 15) is 8.78 Å². The number of nitrogens with zero attached hydrogens (tertiary/aromatic N) is 2. The fourth-order valence-corrected chi connectivity index (χ4v) is 2.06. The van der Waals surface area contributed by atoms with Gasteiger partial charge in [-0.2, -0.15) is 0 Å². The summed E-state index contributed by atoms with van der Waals surface area (Å²) in [4.78, 5) is 0. The van der Waals surface area contributed by atoms with Crippen molar-refractivity contribution in [1.82, 2.24) is 15.5 Å². The molecule has 0 aliphatic rings. The van der Waals surface area contributed by atoms with Crippen LogP contribution in [0, 0.1) is 0 Å². The average Bonchev–Trinajstić information content (AvgIpc) is 2.68. The second-order valence-electron chi connectivity index (χ2n) is 3.19. The van der Waals surface area contributed by atoms with Crippen LogP contribution >= 0.6 is 11.3 Å². The van der Waals surface area contributed by atoms with Crippen molar-refractivity contribution >= 4 is 11.3 Å². The number of alkyl halides is 2. The summed E-state index contributed by atoms with van der Waals surface area (Å²) in [6, 6.07) is 0.0509. The van der Waals surface area contributed by atoms with Gasteiger partial charge in [-0.1, -0.05) is 25.2 Å². The molecule has 1 heterocycles. The summed E-state index contributed by atoms with van der Waals surface area (Å²) < 4.78 is 24.6. The van der Waals surface area contributed by atoms with Gasteiger partial charge < -0.3 is 5.32 Å². The van der Waals surface area contributed by atoms with Crippen LogP contribution in [-0.2, 0) is 0 Å². The first-order valence-electron chi connectivity index (χ1n) is 5.03. The molecule has 6 heteroatoms. The summed E-state index contributed by atoms with van der Waals surface area (Å²) in [6.07, 6.45) is -0.672. The third-order valence-corrected chi connectivity index (χ3v) is 3.03. The molecule has 0 saturated heterocycles. The van der Waals surface area contributed by atoms with Gasteiger partial charge in [0.2, 0.25) is 0 Å². The molecule has 0 aliphatic heterocycles. The van der Waals surface area contributed by atoms with Crippen molar-refractivity contribution in [1.29, 1.82) is 0 Å². The molecule has 0 aromatic carbocycles. The van der Waals surface area contributed by atoms with Crippen LogP contribution in [0.3, 0.4) is 0 Å². The third-order valence-electron chi connectivity index (χ3n) is 1.99. The number of halogens is 2. The first-order valence-corrected chi connectivity index (χ1v) is 5.85. The molecule has 86 valence electrons. The van der Waals surface area contributed by atoms with E-state index in [1.807, 2.05) is 6.92 Å². The Labute approximate surface area is 91.9 Å². The lowest BCUT2D eigenvalue weighted by atomic mass is 10.2. The Hall–Kier alpha value is -0.620. The summed E-state index contributed by atoms with van der Waals surface area (Å²) in [5.74, 6) is 0. The maximum Gasteiger partial charge on any atom is 0.291 e. The SMILES string of the molecule is CCCNC(CC)c1nnc(C(F)F)s1. The molecule has 15 heavy (non-hydrogen) atoms. The highest BCUT2D eigenvalue weighted by Crippen LogP contribution is 2.26. The minimum Gasteiger partial charge on any atom is -0.308 e. The number of hydrogen-bond donors (Lipinski definition) is 1. The number of nitrogens with one attached hydrogen (secondary N) is 1. The third kappa shape index (κ3) is 3.46. The molecule has 1 unspecified atom stereocenters. The summed E-state index contributed by atoms with van der Waals surface area (Å²) in [7, 11) is 0. The van der Waals surface area contributed by atoms with E-state index in [0.29, 0.717) is 5.01 Å². The quantitative estimate of drug-likeness (QED) is 0.823. The van der Waals surface area contributed by atoms with Crippen molar-refractivity contribution in [2.24, 2.45) is 0 Å². The van der Waals surface area contributed by atoms with Crippen LogP contribution < -0.4 is 5.32 Å². The molecule has 0 bridgehead atoms. The Morgan fingerprint density at radius 2 is 1.93 bits per heavy atom. The van der Waals surface area contributed by atoms with Crippen molar-refractivity contribution in [2.75, 3.05) is 6.54 Å². The Balaban J connectivity index is 2.65. The maximum absolute atomic E-state index is 12.3. The second-order valence-corrected chi connectivity index (χ2v) is 4.23. The molecule has 1 aromatic heterocycles. The summed E-state index contributed by atoms with van der Waals surface area (Å²) in [6.45, 7) is 4.92. The van der Waals surface area contributed by atoms with Crippen LogP contribution in [0.15, 0.2) is 0 Å². The summed E-state index contributed by atoms with van der Waals surface area (Å²) >= 11 is 0.989. The smallest absolute Gasteiger partial charge is 0.291 e. The molecule has 0 spiro atoms. The zero-order valence-electron chi connectivity index (χ0n) is 8.83. The van der Waals surface area contributed by atoms with E-state index in [4.69, 9.17) is 0 Å². The highest BCUT2D eigenvalue weighted by molar-refractivity contribution is 7.11. The van der Waals surface area contributed by atoms with E-state index < -0.39 is 6.43 Å². The monoisotopic (exact) mass is 235 g/mol. The molecule has 1 aromatic rings. The van der Waals surface area contributed by atoms with E-state index in [1.54, 1.807) is 0 Å². The topological polar surface area (TPSA) is 37.8 Å². The molecule has 1 N–H and O–H groups in total. The van der Waals surface area contributed by atoms with Crippen LogP contribution in [0.4, 0.5) is 8.78 Å². The van der Waals surface area contributed by atoms with Crippen LogP contribution in [0.2, 0.25) is 0 Å². The number of hydrogen-bond acceptors (Lipinski definition) is 4. The first kappa shape index (κ1) is 12.4.